The van der Waals surface area contributed by atoms with Crippen molar-refractivity contribution >= 4 is 64.0 Å². The predicted molar refractivity (Wildman–Crippen MR) is 183 cm³/mol. The molecule has 0 amide bonds. The van der Waals surface area contributed by atoms with Crippen LogP contribution in [-0.2, 0) is 11.2 Å². The molecule has 2 atom stereocenters. The van der Waals surface area contributed by atoms with E-state index in [0.29, 0.717) is 16.5 Å². The van der Waals surface area contributed by atoms with Crippen LogP contribution in [0.25, 0.3) is 23.1 Å². The van der Waals surface area contributed by atoms with Crippen molar-refractivity contribution in [3.05, 3.63) is 111 Å². The Bertz CT molecular complexity index is 1580. The zero-order valence-corrected chi connectivity index (χ0v) is 27.2. The monoisotopic (exact) mass is 635 g/mol. The normalized spacial score (nSPS) is 13.4. The van der Waals surface area contributed by atoms with Crippen LogP contribution in [-0.4, -0.2) is 32.5 Å². The third-order valence-corrected chi connectivity index (χ3v) is 9.43. The van der Waals surface area contributed by atoms with Crippen LogP contribution >= 0.6 is 35.0 Å². The maximum Gasteiger partial charge on any atom is 0.310 e. The summed E-state index contributed by atoms with van der Waals surface area (Å²) in [6.45, 7) is 5.59. The van der Waals surface area contributed by atoms with E-state index in [0.717, 1.165) is 64.7 Å². The minimum atomic E-state index is -0.827. The number of pyridine rings is 1. The number of nitrogens with zero attached hydrogens (tertiary/aromatic N) is 1. The summed E-state index contributed by atoms with van der Waals surface area (Å²) in [6, 6.07) is 23.9. The Kier molecular flexibility index (Phi) is 11.7. The van der Waals surface area contributed by atoms with Gasteiger partial charge in [0.05, 0.1) is 22.7 Å². The number of aliphatic hydroxyl groups is 1. The average molecular weight is 637 g/mol. The molecule has 4 aromatic rings. The molecule has 2 N–H and O–H groups in total. The topological polar surface area (TPSA) is 70.4 Å². The van der Waals surface area contributed by atoms with Crippen molar-refractivity contribution in [2.75, 3.05) is 5.75 Å². The highest BCUT2D eigenvalue weighted by molar-refractivity contribution is 7.99. The van der Waals surface area contributed by atoms with Gasteiger partial charge in [0.2, 0.25) is 0 Å². The minimum absolute atomic E-state index is 0.199. The molecule has 0 aliphatic carbocycles. The fourth-order valence-electron chi connectivity index (χ4n) is 5.25. The van der Waals surface area contributed by atoms with E-state index in [4.69, 9.17) is 28.2 Å². The lowest BCUT2D eigenvalue weighted by molar-refractivity contribution is -0.138. The molecule has 4 rings (SSSR count). The molecule has 2 unspecified atom stereocenters. The number of hydrogen-bond donors (Lipinski definition) is 2. The van der Waals surface area contributed by atoms with Crippen LogP contribution in [0.4, 0.5) is 0 Å². The Balaban J connectivity index is 1.56. The maximum absolute atomic E-state index is 12.0. The molecule has 3 aromatic carbocycles. The quantitative estimate of drug-likeness (QED) is 0.135. The summed E-state index contributed by atoms with van der Waals surface area (Å²) in [5.41, 5.74) is 5.16. The first-order valence-electron chi connectivity index (χ1n) is 14.7. The molecule has 0 spiro atoms. The molecule has 0 saturated heterocycles. The van der Waals surface area contributed by atoms with Gasteiger partial charge in [-0.05, 0) is 110 Å². The van der Waals surface area contributed by atoms with E-state index >= 15 is 0 Å². The Morgan fingerprint density at radius 2 is 1.74 bits per heavy atom. The van der Waals surface area contributed by atoms with Crippen molar-refractivity contribution in [3.63, 3.8) is 0 Å². The van der Waals surface area contributed by atoms with Crippen LogP contribution < -0.4 is 0 Å². The van der Waals surface area contributed by atoms with Gasteiger partial charge < -0.3 is 10.2 Å². The lowest BCUT2D eigenvalue weighted by Crippen LogP contribution is -2.18. The van der Waals surface area contributed by atoms with Crippen LogP contribution in [0, 0.1) is 0 Å². The number of carboxylic acid groups (broad SMARTS) is 1. The third kappa shape index (κ3) is 9.84. The van der Waals surface area contributed by atoms with Crippen molar-refractivity contribution in [2.24, 2.45) is 0 Å². The molecular weight excluding hydrogens is 597 g/mol. The highest BCUT2D eigenvalue weighted by Gasteiger charge is 2.22. The molecule has 43 heavy (non-hydrogen) atoms. The van der Waals surface area contributed by atoms with E-state index < -0.39 is 17.5 Å². The number of thioether (sulfide) groups is 1. The number of aromatic nitrogens is 1. The van der Waals surface area contributed by atoms with Crippen molar-refractivity contribution in [1.29, 1.82) is 0 Å². The summed E-state index contributed by atoms with van der Waals surface area (Å²) in [7, 11) is 0. The molecule has 0 saturated carbocycles. The zero-order chi connectivity index (χ0) is 31.0. The Labute approximate surface area is 269 Å². The van der Waals surface area contributed by atoms with E-state index in [1.165, 1.54) is 5.56 Å². The second-order valence-corrected chi connectivity index (χ2v) is 13.7. The van der Waals surface area contributed by atoms with Gasteiger partial charge in [-0.15, -0.1) is 0 Å². The first kappa shape index (κ1) is 33.1. The summed E-state index contributed by atoms with van der Waals surface area (Å²) in [4.78, 5) is 16.7. The lowest BCUT2D eigenvalue weighted by atomic mass is 9.89. The van der Waals surface area contributed by atoms with Gasteiger partial charge in [0, 0.05) is 20.7 Å². The zero-order valence-electron chi connectivity index (χ0n) is 24.9. The number of aryl methyl sites for hydroxylation is 1. The number of carbonyl (C=O) groups is 1. The second kappa shape index (κ2) is 15.3. The van der Waals surface area contributed by atoms with E-state index in [1.807, 2.05) is 87.1 Å². The van der Waals surface area contributed by atoms with Gasteiger partial charge in [-0.3, -0.25) is 4.79 Å². The number of hydrogen-bond acceptors (Lipinski definition) is 4. The molecule has 1 heterocycles. The van der Waals surface area contributed by atoms with Gasteiger partial charge in [-0.1, -0.05) is 78.7 Å². The molecule has 0 radical (unpaired) electrons. The van der Waals surface area contributed by atoms with Crippen molar-refractivity contribution < 1.29 is 15.0 Å². The molecule has 226 valence electrons. The molecule has 0 aliphatic rings. The van der Waals surface area contributed by atoms with Crippen LogP contribution in [0.5, 0.6) is 0 Å². The highest BCUT2D eigenvalue weighted by atomic mass is 35.5. The van der Waals surface area contributed by atoms with Crippen molar-refractivity contribution in [2.45, 2.75) is 69.6 Å². The summed E-state index contributed by atoms with van der Waals surface area (Å²) in [6.07, 6.45) is 7.82. The summed E-state index contributed by atoms with van der Waals surface area (Å²) >= 11 is 14.4. The largest absolute Gasteiger partial charge is 0.481 e. The third-order valence-electron chi connectivity index (χ3n) is 7.52. The van der Waals surface area contributed by atoms with Crippen LogP contribution in [0.2, 0.25) is 10.0 Å². The van der Waals surface area contributed by atoms with E-state index in [9.17, 15) is 15.0 Å². The van der Waals surface area contributed by atoms with Crippen molar-refractivity contribution in [1.82, 2.24) is 4.98 Å². The number of halogens is 2. The number of fused-ring (bicyclic) bond motifs is 1. The average Bonchev–Trinajstić information content (AvgIpc) is 2.96. The van der Waals surface area contributed by atoms with E-state index in [-0.39, 0.29) is 5.25 Å². The molecule has 7 heteroatoms. The molecule has 0 fully saturated rings. The smallest absolute Gasteiger partial charge is 0.310 e. The first-order chi connectivity index (χ1) is 20.5. The first-order valence-corrected chi connectivity index (χ1v) is 16.5. The number of aliphatic carboxylic acids is 1. The minimum Gasteiger partial charge on any atom is -0.481 e. The SMILES string of the molecule is CCC(C(=O)O)c1cc(Cl)ccc1CCC(SCCCC(C)(C)O)c1cccc(/C=C/c2ccc3ccc(Cl)cc3n2)c1. The lowest BCUT2D eigenvalue weighted by Gasteiger charge is -2.21. The van der Waals surface area contributed by atoms with Crippen LogP contribution in [0.15, 0.2) is 72.8 Å². The van der Waals surface area contributed by atoms with Gasteiger partial charge in [0.25, 0.3) is 0 Å². The van der Waals surface area contributed by atoms with Gasteiger partial charge in [-0.25, -0.2) is 4.98 Å². The van der Waals surface area contributed by atoms with Gasteiger partial charge >= 0.3 is 5.97 Å². The fraction of sp³-hybridized carbons (Fsp3) is 0.333. The Hall–Kier alpha value is -2.83. The number of carboxylic acids is 1. The molecular formula is C36H39Cl2NO3S. The molecule has 0 aliphatic heterocycles. The molecule has 4 nitrogen and oxygen atoms in total. The van der Waals surface area contributed by atoms with Crippen molar-refractivity contribution in [3.8, 4) is 0 Å². The Morgan fingerprint density at radius 3 is 2.49 bits per heavy atom. The maximum atomic E-state index is 12.0. The van der Waals surface area contributed by atoms with Gasteiger partial charge in [-0.2, -0.15) is 11.8 Å². The fourth-order valence-corrected chi connectivity index (χ4v) is 6.82. The van der Waals surface area contributed by atoms with E-state index in [1.54, 1.807) is 0 Å². The highest BCUT2D eigenvalue weighted by Crippen LogP contribution is 2.37. The van der Waals surface area contributed by atoms with Crippen LogP contribution in [0.3, 0.4) is 0 Å². The number of benzene rings is 3. The number of rotatable bonds is 14. The summed E-state index contributed by atoms with van der Waals surface area (Å²) in [5.74, 6) is -0.495. The van der Waals surface area contributed by atoms with Gasteiger partial charge in [0.1, 0.15) is 0 Å². The molecule has 1 aromatic heterocycles. The Morgan fingerprint density at radius 1 is 1.00 bits per heavy atom. The molecule has 0 bridgehead atoms. The summed E-state index contributed by atoms with van der Waals surface area (Å²) < 4.78 is 0. The van der Waals surface area contributed by atoms with Gasteiger partial charge in [0.15, 0.2) is 0 Å². The standard InChI is InChI=1S/C36H39Cl2NO3S/c1-4-31(35(40)41)32-22-28(37)14-10-25(32)13-18-34(43-20-6-19-36(2,3)42)27-8-5-7-24(21-27)9-16-30-17-12-26-11-15-29(38)23-33(26)39-30/h5,7-12,14-17,21-23,31,34,42H,4,6,13,18-20H2,1-3H3,(H,40,41)/b16-9+. The second-order valence-electron chi connectivity index (χ2n) is 11.5. The van der Waals surface area contributed by atoms with E-state index in [2.05, 4.69) is 30.3 Å². The van der Waals surface area contributed by atoms with Crippen LogP contribution in [0.1, 0.15) is 85.6 Å². The summed E-state index contributed by atoms with van der Waals surface area (Å²) in [5, 5.41) is 22.5. The predicted octanol–water partition coefficient (Wildman–Crippen LogP) is 10.2.